The zero-order chi connectivity index (χ0) is 28.6. The van der Waals surface area contributed by atoms with Gasteiger partial charge in [-0.3, -0.25) is 9.80 Å². The van der Waals surface area contributed by atoms with Crippen molar-refractivity contribution in [2.24, 2.45) is 0 Å². The average molecular weight is 593 g/mol. The van der Waals surface area contributed by atoms with Gasteiger partial charge >= 0.3 is 0 Å². The van der Waals surface area contributed by atoms with Crippen LogP contribution in [0.5, 0.6) is 0 Å². The Labute approximate surface area is 240 Å². The molecule has 10 nitrogen and oxygen atoms in total. The van der Waals surface area contributed by atoms with Crippen molar-refractivity contribution < 1.29 is 16.8 Å². The van der Waals surface area contributed by atoms with Crippen molar-refractivity contribution in [3.05, 3.63) is 59.7 Å². The van der Waals surface area contributed by atoms with Gasteiger partial charge in [-0.2, -0.15) is 8.61 Å². The zero-order valence-electron chi connectivity index (χ0n) is 23.8. The van der Waals surface area contributed by atoms with Crippen LogP contribution in [-0.2, 0) is 20.0 Å². The Morgan fingerprint density at radius 1 is 0.525 bits per heavy atom. The molecule has 222 valence electrons. The van der Waals surface area contributed by atoms with Crippen LogP contribution >= 0.6 is 0 Å². The van der Waals surface area contributed by atoms with Crippen molar-refractivity contribution in [1.82, 2.24) is 29.0 Å². The molecule has 2 aromatic carbocycles. The second-order valence-corrected chi connectivity index (χ2v) is 14.5. The minimum Gasteiger partial charge on any atom is -0.314 e. The van der Waals surface area contributed by atoms with Crippen LogP contribution in [-0.4, -0.2) is 127 Å². The summed E-state index contributed by atoms with van der Waals surface area (Å²) in [6.45, 7) is 13.0. The number of nitrogens with zero attached hydrogens (tertiary/aromatic N) is 4. The van der Waals surface area contributed by atoms with Gasteiger partial charge in [-0.25, -0.2) is 16.8 Å². The molecule has 12 heteroatoms. The Bertz CT molecular complexity index is 1190. The van der Waals surface area contributed by atoms with Crippen molar-refractivity contribution >= 4 is 20.0 Å². The maximum atomic E-state index is 13.3. The Balaban J connectivity index is 1.36. The molecule has 0 amide bonds. The lowest BCUT2D eigenvalue weighted by molar-refractivity contribution is 0.197. The molecule has 2 aromatic rings. The summed E-state index contributed by atoms with van der Waals surface area (Å²) in [5.74, 6) is 0. The summed E-state index contributed by atoms with van der Waals surface area (Å²) in [6, 6.07) is 14.1. The Hall–Kier alpha value is -1.90. The van der Waals surface area contributed by atoms with Crippen molar-refractivity contribution in [1.29, 1.82) is 0 Å². The van der Waals surface area contributed by atoms with Crippen molar-refractivity contribution in [3.63, 3.8) is 0 Å². The van der Waals surface area contributed by atoms with Gasteiger partial charge < -0.3 is 10.6 Å². The van der Waals surface area contributed by atoms with Gasteiger partial charge in [0.2, 0.25) is 20.0 Å². The third-order valence-electron chi connectivity index (χ3n) is 7.67. The van der Waals surface area contributed by atoms with E-state index in [-0.39, 0.29) is 0 Å². The van der Waals surface area contributed by atoms with E-state index in [9.17, 15) is 16.8 Å². The molecule has 0 saturated carbocycles. The van der Waals surface area contributed by atoms with Crippen molar-refractivity contribution in [2.45, 2.75) is 23.6 Å². The van der Waals surface area contributed by atoms with Crippen molar-refractivity contribution in [3.8, 4) is 0 Å². The van der Waals surface area contributed by atoms with E-state index in [2.05, 4.69) is 20.4 Å². The summed E-state index contributed by atoms with van der Waals surface area (Å²) in [6.07, 6.45) is 0. The summed E-state index contributed by atoms with van der Waals surface area (Å²) < 4.78 is 56.5. The van der Waals surface area contributed by atoms with Crippen LogP contribution in [0.25, 0.3) is 0 Å². The molecule has 40 heavy (non-hydrogen) atoms. The normalized spacial score (nSPS) is 20.6. The smallest absolute Gasteiger partial charge is 0.243 e. The Morgan fingerprint density at radius 3 is 1.25 bits per heavy atom. The number of nitrogens with one attached hydrogen (secondary N) is 2. The topological polar surface area (TPSA) is 105 Å². The molecule has 0 radical (unpaired) electrons. The fraction of sp³-hybridized carbons (Fsp3) is 0.571. The summed E-state index contributed by atoms with van der Waals surface area (Å²) in [7, 11) is -7.13. The maximum absolute atomic E-state index is 13.3. The monoisotopic (exact) mass is 592 g/mol. The Kier molecular flexibility index (Phi) is 11.1. The standard InChI is InChI=1S/C28H44N6O4S2/c1-25-3-7-27(8-4-25)39(35,36)33-17-13-29-11-15-31(21-23-33)19-20-32-16-12-30-14-18-34(24-22-32)40(37,38)28-9-5-26(2)6-10-28/h3-10,29-30H,11-24H2,1-2H3. The molecule has 0 spiro atoms. The van der Waals surface area contributed by atoms with Gasteiger partial charge in [-0.1, -0.05) is 35.4 Å². The molecule has 2 aliphatic rings. The van der Waals surface area contributed by atoms with Crippen LogP contribution in [0.2, 0.25) is 0 Å². The van der Waals surface area contributed by atoms with E-state index < -0.39 is 20.0 Å². The van der Waals surface area contributed by atoms with Crippen LogP contribution < -0.4 is 10.6 Å². The number of hydrogen-bond acceptors (Lipinski definition) is 8. The lowest BCUT2D eigenvalue weighted by Crippen LogP contribution is -2.44. The van der Waals surface area contributed by atoms with E-state index in [1.165, 1.54) is 0 Å². The molecule has 0 aliphatic carbocycles. The number of aryl methyl sites for hydroxylation is 2. The van der Waals surface area contributed by atoms with E-state index in [4.69, 9.17) is 0 Å². The molecule has 0 unspecified atom stereocenters. The highest BCUT2D eigenvalue weighted by atomic mass is 32.2. The molecular weight excluding hydrogens is 548 g/mol. The summed E-state index contributed by atoms with van der Waals surface area (Å²) in [5, 5.41) is 6.76. The van der Waals surface area contributed by atoms with Gasteiger partial charge in [0.15, 0.2) is 0 Å². The summed E-state index contributed by atoms with van der Waals surface area (Å²) in [5.41, 5.74) is 2.06. The second kappa shape index (κ2) is 14.3. The van der Waals surface area contributed by atoms with Crippen LogP contribution in [0.3, 0.4) is 0 Å². The predicted molar refractivity (Wildman–Crippen MR) is 158 cm³/mol. The molecule has 0 bridgehead atoms. The van der Waals surface area contributed by atoms with Gasteiger partial charge in [0.05, 0.1) is 9.79 Å². The predicted octanol–water partition coefficient (Wildman–Crippen LogP) is 0.795. The number of benzene rings is 2. The molecule has 2 saturated heterocycles. The first-order valence-electron chi connectivity index (χ1n) is 14.2. The maximum Gasteiger partial charge on any atom is 0.243 e. The van der Waals surface area contributed by atoms with E-state index in [0.29, 0.717) is 62.1 Å². The highest BCUT2D eigenvalue weighted by Crippen LogP contribution is 2.18. The molecule has 4 rings (SSSR count). The highest BCUT2D eigenvalue weighted by Gasteiger charge is 2.27. The molecule has 2 N–H and O–H groups in total. The molecular formula is C28H44N6O4S2. The molecule has 2 aliphatic heterocycles. The van der Waals surface area contributed by atoms with E-state index in [1.807, 2.05) is 38.1 Å². The highest BCUT2D eigenvalue weighted by molar-refractivity contribution is 7.89. The van der Waals surface area contributed by atoms with Gasteiger partial charge in [0.1, 0.15) is 0 Å². The zero-order valence-corrected chi connectivity index (χ0v) is 25.4. The van der Waals surface area contributed by atoms with Crippen LogP contribution in [0.15, 0.2) is 58.3 Å². The van der Waals surface area contributed by atoms with Crippen molar-refractivity contribution in [2.75, 3.05) is 91.6 Å². The lowest BCUT2D eigenvalue weighted by Gasteiger charge is -2.29. The van der Waals surface area contributed by atoms with Gasteiger partial charge in [-0.15, -0.1) is 0 Å². The van der Waals surface area contributed by atoms with E-state index in [0.717, 1.165) is 50.4 Å². The first kappa shape index (κ1) is 31.0. The Morgan fingerprint density at radius 2 is 0.875 bits per heavy atom. The molecule has 0 aromatic heterocycles. The number of sulfonamides is 2. The lowest BCUT2D eigenvalue weighted by atomic mass is 10.2. The summed E-state index contributed by atoms with van der Waals surface area (Å²) in [4.78, 5) is 5.27. The van der Waals surface area contributed by atoms with Crippen LogP contribution in [0.4, 0.5) is 0 Å². The fourth-order valence-electron chi connectivity index (χ4n) is 5.01. The van der Waals surface area contributed by atoms with E-state index in [1.54, 1.807) is 32.9 Å². The largest absolute Gasteiger partial charge is 0.314 e. The van der Waals surface area contributed by atoms with Gasteiger partial charge in [0.25, 0.3) is 0 Å². The first-order valence-corrected chi connectivity index (χ1v) is 17.0. The molecule has 2 heterocycles. The minimum atomic E-state index is -3.57. The quantitative estimate of drug-likeness (QED) is 0.487. The third kappa shape index (κ3) is 8.32. The fourth-order valence-corrected chi connectivity index (χ4v) is 7.88. The molecule has 2 fully saturated rings. The van der Waals surface area contributed by atoms with Crippen LogP contribution in [0.1, 0.15) is 11.1 Å². The third-order valence-corrected chi connectivity index (χ3v) is 11.5. The van der Waals surface area contributed by atoms with Gasteiger partial charge in [0, 0.05) is 91.6 Å². The van der Waals surface area contributed by atoms with Gasteiger partial charge in [-0.05, 0) is 38.1 Å². The molecule has 0 atom stereocenters. The minimum absolute atomic E-state index is 0.332. The number of rotatable bonds is 7. The summed E-state index contributed by atoms with van der Waals surface area (Å²) >= 11 is 0. The van der Waals surface area contributed by atoms with E-state index >= 15 is 0 Å². The first-order chi connectivity index (χ1) is 19.2. The average Bonchev–Trinajstić information content (AvgIpc) is 3.13. The SMILES string of the molecule is Cc1ccc(S(=O)(=O)N2CCNCCN(CCN3CCNCCN(S(=O)(=O)c4ccc(C)cc4)CC3)CC2)cc1. The number of hydrogen-bond donors (Lipinski definition) is 2. The second-order valence-electron chi connectivity index (χ2n) is 10.6. The van der Waals surface area contributed by atoms with Crippen LogP contribution in [0, 0.1) is 13.8 Å².